The van der Waals surface area contributed by atoms with Crippen molar-refractivity contribution in [3.63, 3.8) is 0 Å². The van der Waals surface area contributed by atoms with E-state index in [0.29, 0.717) is 5.69 Å². The molecule has 0 saturated carbocycles. The first-order valence-corrected chi connectivity index (χ1v) is 6.35. The zero-order chi connectivity index (χ0) is 14.5. The lowest BCUT2D eigenvalue weighted by atomic mass is 10.0. The van der Waals surface area contributed by atoms with Gasteiger partial charge in [-0.2, -0.15) is 5.26 Å². The van der Waals surface area contributed by atoms with Crippen molar-refractivity contribution in [1.29, 1.82) is 5.26 Å². The molecular weight excluding hydrogens is 258 g/mol. The fraction of sp³-hybridized carbons (Fsp3) is 0.188. The van der Waals surface area contributed by atoms with Crippen molar-refractivity contribution in [2.45, 2.75) is 19.4 Å². The minimum absolute atomic E-state index is 0.0101. The summed E-state index contributed by atoms with van der Waals surface area (Å²) in [4.78, 5) is 0. The molecule has 0 aliphatic rings. The number of hydrogen-bond donors (Lipinski definition) is 1. The van der Waals surface area contributed by atoms with Gasteiger partial charge in [0.05, 0.1) is 11.6 Å². The molecule has 0 aromatic heterocycles. The highest BCUT2D eigenvalue weighted by Crippen LogP contribution is 2.24. The topological polar surface area (TPSA) is 35.8 Å². The van der Waals surface area contributed by atoms with Gasteiger partial charge >= 0.3 is 0 Å². The largest absolute Gasteiger partial charge is 0.378 e. The molecule has 20 heavy (non-hydrogen) atoms. The molecule has 1 N–H and O–H groups in total. The zero-order valence-electron chi connectivity index (χ0n) is 11.0. The Morgan fingerprint density at radius 1 is 1.20 bits per heavy atom. The maximum absolute atomic E-state index is 13.3. The van der Waals surface area contributed by atoms with E-state index >= 15 is 0 Å². The van der Waals surface area contributed by atoms with E-state index in [0.717, 1.165) is 12.0 Å². The molecule has 0 aliphatic carbocycles. The summed E-state index contributed by atoms with van der Waals surface area (Å²) in [7, 11) is 0. The lowest BCUT2D eigenvalue weighted by Crippen LogP contribution is -2.10. The highest BCUT2D eigenvalue weighted by atomic mass is 19.1. The van der Waals surface area contributed by atoms with Crippen LogP contribution in [-0.4, -0.2) is 0 Å². The number of hydrogen-bond acceptors (Lipinski definition) is 2. The summed E-state index contributed by atoms with van der Waals surface area (Å²) in [5.41, 5.74) is 1.44. The van der Waals surface area contributed by atoms with Gasteiger partial charge in [-0.1, -0.05) is 19.1 Å². The van der Waals surface area contributed by atoms with Crippen LogP contribution in [0.15, 0.2) is 42.5 Å². The number of halogens is 2. The smallest absolute Gasteiger partial charge is 0.141 e. The number of nitriles is 1. The molecule has 1 unspecified atom stereocenters. The van der Waals surface area contributed by atoms with Crippen molar-refractivity contribution in [1.82, 2.24) is 0 Å². The van der Waals surface area contributed by atoms with Gasteiger partial charge in [0.15, 0.2) is 0 Å². The Labute approximate surface area is 116 Å². The SMILES string of the molecule is CCC(Nc1ccc(F)c(C#N)c1)c1cccc(F)c1. The van der Waals surface area contributed by atoms with Gasteiger partial charge in [-0.05, 0) is 42.3 Å². The van der Waals surface area contributed by atoms with Gasteiger partial charge in [0, 0.05) is 5.69 Å². The van der Waals surface area contributed by atoms with E-state index in [4.69, 9.17) is 5.26 Å². The fourth-order valence-corrected chi connectivity index (χ4v) is 2.05. The average Bonchev–Trinajstić information content (AvgIpc) is 2.46. The zero-order valence-corrected chi connectivity index (χ0v) is 11.0. The molecule has 2 aromatic rings. The Morgan fingerprint density at radius 2 is 2.00 bits per heavy atom. The number of benzene rings is 2. The van der Waals surface area contributed by atoms with E-state index in [1.807, 2.05) is 13.0 Å². The normalized spacial score (nSPS) is 11.7. The number of nitrogens with one attached hydrogen (secondary N) is 1. The van der Waals surface area contributed by atoms with E-state index < -0.39 is 5.82 Å². The van der Waals surface area contributed by atoms with E-state index in [9.17, 15) is 8.78 Å². The van der Waals surface area contributed by atoms with Crippen LogP contribution in [0.4, 0.5) is 14.5 Å². The first-order chi connectivity index (χ1) is 9.63. The van der Waals surface area contributed by atoms with Gasteiger partial charge in [-0.15, -0.1) is 0 Å². The Bertz CT molecular complexity index is 647. The Morgan fingerprint density at radius 3 is 2.65 bits per heavy atom. The van der Waals surface area contributed by atoms with Crippen LogP contribution in [0, 0.1) is 23.0 Å². The molecule has 0 aliphatic heterocycles. The van der Waals surface area contributed by atoms with Crippen LogP contribution in [0.2, 0.25) is 0 Å². The second-order valence-electron chi connectivity index (χ2n) is 4.47. The van der Waals surface area contributed by atoms with Crippen LogP contribution in [0.25, 0.3) is 0 Å². The minimum atomic E-state index is -0.545. The van der Waals surface area contributed by atoms with Gasteiger partial charge in [-0.3, -0.25) is 0 Å². The molecule has 0 fully saturated rings. The summed E-state index contributed by atoms with van der Waals surface area (Å²) in [6, 6.07) is 12.3. The van der Waals surface area contributed by atoms with Gasteiger partial charge < -0.3 is 5.32 Å². The van der Waals surface area contributed by atoms with E-state index in [-0.39, 0.29) is 17.4 Å². The van der Waals surface area contributed by atoms with Crippen molar-refractivity contribution in [2.75, 3.05) is 5.32 Å². The monoisotopic (exact) mass is 272 g/mol. The number of rotatable bonds is 4. The average molecular weight is 272 g/mol. The highest BCUT2D eigenvalue weighted by Gasteiger charge is 2.11. The molecule has 2 rings (SSSR count). The Hall–Kier alpha value is -2.41. The van der Waals surface area contributed by atoms with Gasteiger partial charge in [0.1, 0.15) is 17.7 Å². The third-order valence-electron chi connectivity index (χ3n) is 3.09. The lowest BCUT2D eigenvalue weighted by molar-refractivity contribution is 0.620. The second kappa shape index (κ2) is 6.16. The second-order valence-corrected chi connectivity index (χ2v) is 4.47. The Kier molecular flexibility index (Phi) is 4.31. The van der Waals surface area contributed by atoms with Crippen molar-refractivity contribution < 1.29 is 8.78 Å². The van der Waals surface area contributed by atoms with Crippen LogP contribution >= 0.6 is 0 Å². The number of anilines is 1. The molecule has 4 heteroatoms. The summed E-state index contributed by atoms with van der Waals surface area (Å²) in [5, 5.41) is 12.0. The molecule has 0 saturated heterocycles. The first kappa shape index (κ1) is 14.0. The third-order valence-corrected chi connectivity index (χ3v) is 3.09. The van der Waals surface area contributed by atoms with E-state index in [1.165, 1.54) is 24.3 Å². The van der Waals surface area contributed by atoms with Crippen LogP contribution in [0.1, 0.15) is 30.5 Å². The van der Waals surface area contributed by atoms with Crippen molar-refractivity contribution in [3.8, 4) is 6.07 Å². The summed E-state index contributed by atoms with van der Waals surface area (Å²) in [6.45, 7) is 1.97. The summed E-state index contributed by atoms with van der Waals surface area (Å²) in [6.07, 6.45) is 0.739. The quantitative estimate of drug-likeness (QED) is 0.895. The molecule has 1 atom stereocenters. The molecule has 102 valence electrons. The summed E-state index contributed by atoms with van der Waals surface area (Å²) in [5.74, 6) is -0.837. The maximum atomic E-state index is 13.3. The predicted molar refractivity (Wildman–Crippen MR) is 74.2 cm³/mol. The standard InChI is InChI=1S/C16H14F2N2/c1-2-16(11-4-3-5-13(17)8-11)20-14-6-7-15(18)12(9-14)10-19/h3-9,16,20H,2H2,1H3. The lowest BCUT2D eigenvalue weighted by Gasteiger charge is -2.19. The summed E-state index contributed by atoms with van der Waals surface area (Å²) < 4.78 is 26.5. The van der Waals surface area contributed by atoms with Crippen LogP contribution < -0.4 is 5.32 Å². The molecule has 2 nitrogen and oxygen atoms in total. The van der Waals surface area contributed by atoms with E-state index in [2.05, 4.69) is 5.32 Å². The molecular formula is C16H14F2N2. The third kappa shape index (κ3) is 3.12. The molecule has 0 heterocycles. The Balaban J connectivity index is 2.25. The molecule has 0 bridgehead atoms. The molecule has 2 aromatic carbocycles. The number of nitrogens with zero attached hydrogens (tertiary/aromatic N) is 1. The first-order valence-electron chi connectivity index (χ1n) is 6.35. The van der Waals surface area contributed by atoms with Gasteiger partial charge in [0.2, 0.25) is 0 Å². The highest BCUT2D eigenvalue weighted by molar-refractivity contribution is 5.51. The molecule has 0 radical (unpaired) electrons. The van der Waals surface area contributed by atoms with Crippen molar-refractivity contribution >= 4 is 5.69 Å². The van der Waals surface area contributed by atoms with Gasteiger partial charge in [0.25, 0.3) is 0 Å². The predicted octanol–water partition coefficient (Wildman–Crippen LogP) is 4.40. The van der Waals surface area contributed by atoms with Gasteiger partial charge in [-0.25, -0.2) is 8.78 Å². The minimum Gasteiger partial charge on any atom is -0.378 e. The van der Waals surface area contributed by atoms with Crippen LogP contribution in [0.5, 0.6) is 0 Å². The fourth-order valence-electron chi connectivity index (χ4n) is 2.05. The van der Waals surface area contributed by atoms with E-state index in [1.54, 1.807) is 18.2 Å². The van der Waals surface area contributed by atoms with Crippen molar-refractivity contribution in [2.24, 2.45) is 0 Å². The van der Waals surface area contributed by atoms with Crippen molar-refractivity contribution in [3.05, 3.63) is 65.2 Å². The summed E-state index contributed by atoms with van der Waals surface area (Å²) >= 11 is 0. The molecule has 0 amide bonds. The van der Waals surface area contributed by atoms with Crippen LogP contribution in [0.3, 0.4) is 0 Å². The maximum Gasteiger partial charge on any atom is 0.141 e. The van der Waals surface area contributed by atoms with Crippen LogP contribution in [-0.2, 0) is 0 Å². The molecule has 0 spiro atoms.